The Morgan fingerprint density at radius 1 is 0.912 bits per heavy atom. The van der Waals surface area contributed by atoms with Crippen molar-refractivity contribution < 1.29 is 9.84 Å². The average Bonchev–Trinajstić information content (AvgIpc) is 3.11. The highest BCUT2D eigenvalue weighted by Gasteiger charge is 2.35. The summed E-state index contributed by atoms with van der Waals surface area (Å²) >= 11 is 0. The topological polar surface area (TPSA) is 74.3 Å². The van der Waals surface area contributed by atoms with Crippen LogP contribution in [0.2, 0.25) is 0 Å². The summed E-state index contributed by atoms with van der Waals surface area (Å²) in [5.74, 6) is 1.34. The van der Waals surface area contributed by atoms with Gasteiger partial charge in [0.05, 0.1) is 11.6 Å². The van der Waals surface area contributed by atoms with Gasteiger partial charge in [-0.25, -0.2) is 0 Å². The molecule has 3 atom stereocenters. The summed E-state index contributed by atoms with van der Waals surface area (Å²) in [6.07, 6.45) is -0.723. The maximum Gasteiger partial charge on any atom is 0.248 e. The first-order valence-corrected chi connectivity index (χ1v) is 11.9. The molecule has 3 aromatic carbocycles. The first-order chi connectivity index (χ1) is 16.5. The van der Waals surface area contributed by atoms with E-state index in [4.69, 9.17) is 4.74 Å². The second-order valence-electron chi connectivity index (χ2n) is 9.19. The molecule has 1 aliphatic carbocycles. The van der Waals surface area contributed by atoms with Crippen LogP contribution in [-0.4, -0.2) is 22.7 Å². The van der Waals surface area contributed by atoms with Crippen LogP contribution in [0.3, 0.4) is 0 Å². The standard InChI is InChI=1S/C29H30N2O3/c1-18-21-10-6-7-11-22(21)19(2)28(18)30-16-25(32)23-12-14-26(29-24(23)13-15-27(33)31-29)34-17-20-8-4-3-5-9-20/h3-15,18-19,25,28,30,32H,16-17H2,1-2H3,(H,31,33)/t18-,19-,25?/m1/s1. The Bertz CT molecular complexity index is 1320. The molecule has 5 nitrogen and oxygen atoms in total. The van der Waals surface area contributed by atoms with Gasteiger partial charge in [-0.2, -0.15) is 0 Å². The molecule has 0 amide bonds. The molecule has 0 aliphatic heterocycles. The van der Waals surface area contributed by atoms with E-state index < -0.39 is 6.10 Å². The molecule has 0 saturated carbocycles. The lowest BCUT2D eigenvalue weighted by atomic mass is 9.96. The van der Waals surface area contributed by atoms with Crippen molar-refractivity contribution >= 4 is 10.9 Å². The monoisotopic (exact) mass is 454 g/mol. The number of aromatic amines is 1. The van der Waals surface area contributed by atoms with Gasteiger partial charge in [0.1, 0.15) is 12.4 Å². The molecule has 0 spiro atoms. The Labute approximate surface area is 199 Å². The lowest BCUT2D eigenvalue weighted by molar-refractivity contribution is 0.168. The predicted octanol–water partition coefficient (Wildman–Crippen LogP) is 5.02. The largest absolute Gasteiger partial charge is 0.487 e. The molecular weight excluding hydrogens is 424 g/mol. The number of ether oxygens (including phenoxy) is 1. The van der Waals surface area contributed by atoms with Crippen LogP contribution in [-0.2, 0) is 6.61 Å². The van der Waals surface area contributed by atoms with E-state index in [2.05, 4.69) is 48.4 Å². The SMILES string of the molecule is C[C@@H]1c2ccccc2[C@@H](C)C1NCC(O)c1ccc(OCc2ccccc2)c2[nH]c(=O)ccc12. The smallest absolute Gasteiger partial charge is 0.248 e. The van der Waals surface area contributed by atoms with Gasteiger partial charge in [0.25, 0.3) is 0 Å². The molecule has 1 heterocycles. The van der Waals surface area contributed by atoms with Gasteiger partial charge in [0, 0.05) is 24.0 Å². The van der Waals surface area contributed by atoms with Gasteiger partial charge in [-0.1, -0.05) is 74.5 Å². The van der Waals surface area contributed by atoms with Crippen molar-refractivity contribution in [2.24, 2.45) is 0 Å². The molecule has 5 heteroatoms. The van der Waals surface area contributed by atoms with E-state index >= 15 is 0 Å². The number of aliphatic hydroxyl groups excluding tert-OH is 1. The van der Waals surface area contributed by atoms with Gasteiger partial charge < -0.3 is 20.1 Å². The lowest BCUT2D eigenvalue weighted by Crippen LogP contribution is -2.36. The van der Waals surface area contributed by atoms with Gasteiger partial charge >= 0.3 is 0 Å². The number of fused-ring (bicyclic) bond motifs is 2. The second kappa shape index (κ2) is 9.45. The predicted molar refractivity (Wildman–Crippen MR) is 135 cm³/mol. The lowest BCUT2D eigenvalue weighted by Gasteiger charge is -2.25. The van der Waals surface area contributed by atoms with E-state index in [1.165, 1.54) is 17.2 Å². The third-order valence-corrected chi connectivity index (χ3v) is 7.09. The normalized spacial score (nSPS) is 18.7. The van der Waals surface area contributed by atoms with E-state index in [1.54, 1.807) is 6.07 Å². The minimum absolute atomic E-state index is 0.201. The maximum absolute atomic E-state index is 12.1. The number of aromatic nitrogens is 1. The minimum atomic E-state index is -0.723. The average molecular weight is 455 g/mol. The summed E-state index contributed by atoms with van der Waals surface area (Å²) in [5.41, 5.74) is 4.97. The van der Waals surface area contributed by atoms with E-state index in [-0.39, 0.29) is 11.6 Å². The van der Waals surface area contributed by atoms with Crippen molar-refractivity contribution in [1.29, 1.82) is 0 Å². The van der Waals surface area contributed by atoms with Crippen LogP contribution in [0.1, 0.15) is 54.0 Å². The molecule has 34 heavy (non-hydrogen) atoms. The Morgan fingerprint density at radius 2 is 1.59 bits per heavy atom. The van der Waals surface area contributed by atoms with Crippen molar-refractivity contribution in [3.63, 3.8) is 0 Å². The van der Waals surface area contributed by atoms with Crippen LogP contribution >= 0.6 is 0 Å². The van der Waals surface area contributed by atoms with Crippen LogP contribution in [0.5, 0.6) is 5.75 Å². The number of aliphatic hydroxyl groups is 1. The first kappa shape index (κ1) is 22.4. The fourth-order valence-corrected chi connectivity index (χ4v) is 5.27. The Morgan fingerprint density at radius 3 is 2.29 bits per heavy atom. The molecule has 0 radical (unpaired) electrons. The van der Waals surface area contributed by atoms with E-state index in [1.807, 2.05) is 42.5 Å². The summed E-state index contributed by atoms with van der Waals surface area (Å²) in [5, 5.41) is 15.5. The van der Waals surface area contributed by atoms with Crippen molar-refractivity contribution in [2.75, 3.05) is 6.54 Å². The molecule has 1 unspecified atom stereocenters. The number of nitrogens with one attached hydrogen (secondary N) is 2. The highest BCUT2D eigenvalue weighted by atomic mass is 16.5. The summed E-state index contributed by atoms with van der Waals surface area (Å²) in [6.45, 7) is 5.30. The van der Waals surface area contributed by atoms with Gasteiger partial charge in [0.15, 0.2) is 0 Å². The first-order valence-electron chi connectivity index (χ1n) is 11.9. The molecular formula is C29H30N2O3. The summed E-state index contributed by atoms with van der Waals surface area (Å²) in [7, 11) is 0. The Kier molecular flexibility index (Phi) is 6.22. The Balaban J connectivity index is 1.36. The van der Waals surface area contributed by atoms with Crippen molar-refractivity contribution in [3.8, 4) is 5.75 Å². The summed E-state index contributed by atoms with van der Waals surface area (Å²) < 4.78 is 6.03. The number of benzene rings is 3. The number of hydrogen-bond acceptors (Lipinski definition) is 4. The molecule has 174 valence electrons. The Hall–Kier alpha value is -3.41. The zero-order chi connectivity index (χ0) is 23.7. The number of hydrogen-bond donors (Lipinski definition) is 3. The molecule has 3 N–H and O–H groups in total. The van der Waals surface area contributed by atoms with E-state index in [9.17, 15) is 9.90 Å². The fourth-order valence-electron chi connectivity index (χ4n) is 5.27. The zero-order valence-electron chi connectivity index (χ0n) is 19.5. The molecule has 0 fully saturated rings. The van der Waals surface area contributed by atoms with E-state index in [0.717, 1.165) is 16.5 Å². The second-order valence-corrected chi connectivity index (χ2v) is 9.19. The zero-order valence-corrected chi connectivity index (χ0v) is 19.5. The van der Waals surface area contributed by atoms with Crippen molar-refractivity contribution in [3.05, 3.63) is 111 Å². The summed E-state index contributed by atoms with van der Waals surface area (Å²) in [6, 6.07) is 25.7. The fraction of sp³-hybridized carbons (Fsp3) is 0.276. The van der Waals surface area contributed by atoms with Crippen molar-refractivity contribution in [1.82, 2.24) is 10.3 Å². The number of H-pyrrole nitrogens is 1. The maximum atomic E-state index is 12.1. The van der Waals surface area contributed by atoms with Gasteiger partial charge in [0.2, 0.25) is 5.56 Å². The van der Waals surface area contributed by atoms with Crippen molar-refractivity contribution in [2.45, 2.75) is 44.4 Å². The minimum Gasteiger partial charge on any atom is -0.487 e. The van der Waals surface area contributed by atoms with Gasteiger partial charge in [-0.05, 0) is 46.2 Å². The highest BCUT2D eigenvalue weighted by Crippen LogP contribution is 2.41. The molecule has 0 bridgehead atoms. The highest BCUT2D eigenvalue weighted by molar-refractivity contribution is 5.87. The van der Waals surface area contributed by atoms with Crippen LogP contribution in [0.15, 0.2) is 83.7 Å². The quantitative estimate of drug-likeness (QED) is 0.367. The molecule has 0 saturated heterocycles. The van der Waals surface area contributed by atoms with Gasteiger partial charge in [-0.3, -0.25) is 4.79 Å². The van der Waals surface area contributed by atoms with E-state index in [0.29, 0.717) is 36.3 Å². The molecule has 1 aromatic heterocycles. The number of pyridine rings is 1. The third-order valence-electron chi connectivity index (χ3n) is 7.09. The third kappa shape index (κ3) is 4.25. The molecule has 5 rings (SSSR count). The van der Waals surface area contributed by atoms with Crippen LogP contribution in [0, 0.1) is 0 Å². The van der Waals surface area contributed by atoms with Crippen LogP contribution < -0.4 is 15.6 Å². The van der Waals surface area contributed by atoms with Crippen LogP contribution in [0.25, 0.3) is 10.9 Å². The summed E-state index contributed by atoms with van der Waals surface area (Å²) in [4.78, 5) is 15.0. The van der Waals surface area contributed by atoms with Crippen LogP contribution in [0.4, 0.5) is 0 Å². The van der Waals surface area contributed by atoms with Gasteiger partial charge in [-0.15, -0.1) is 0 Å². The molecule has 4 aromatic rings. The molecule has 1 aliphatic rings. The number of rotatable bonds is 7.